The van der Waals surface area contributed by atoms with Gasteiger partial charge in [0, 0.05) is 5.56 Å². The number of hydrogen-bond donors (Lipinski definition) is 2. The number of anilines is 1. The lowest BCUT2D eigenvalue weighted by molar-refractivity contribution is 0.0697. The molecule has 4 heteroatoms. The molecule has 0 saturated carbocycles. The smallest absolute Gasteiger partial charge is 0.335 e. The number of fused-ring (bicyclic) bond motifs is 1. The Bertz CT molecular complexity index is 595. The highest BCUT2D eigenvalue weighted by Crippen LogP contribution is 2.38. The third-order valence-corrected chi connectivity index (χ3v) is 2.86. The summed E-state index contributed by atoms with van der Waals surface area (Å²) < 4.78 is 5.72. The molecule has 0 fully saturated rings. The second kappa shape index (κ2) is 4.07. The Labute approximate surface area is 104 Å². The van der Waals surface area contributed by atoms with Gasteiger partial charge in [0.15, 0.2) is 6.23 Å². The molecule has 0 amide bonds. The molecule has 0 radical (unpaired) electrons. The normalized spacial score (nSPS) is 16.6. The zero-order chi connectivity index (χ0) is 12.5. The summed E-state index contributed by atoms with van der Waals surface area (Å²) in [5.74, 6) is -0.267. The van der Waals surface area contributed by atoms with E-state index < -0.39 is 5.97 Å². The van der Waals surface area contributed by atoms with Crippen LogP contribution in [0.1, 0.15) is 22.1 Å². The Morgan fingerprint density at radius 2 is 1.94 bits per heavy atom. The van der Waals surface area contributed by atoms with Crippen molar-refractivity contribution in [1.29, 1.82) is 0 Å². The molecule has 2 aromatic rings. The van der Waals surface area contributed by atoms with Gasteiger partial charge in [-0.2, -0.15) is 0 Å². The van der Waals surface area contributed by atoms with Gasteiger partial charge in [0.05, 0.1) is 11.3 Å². The fourth-order valence-corrected chi connectivity index (χ4v) is 1.96. The monoisotopic (exact) mass is 241 g/mol. The Morgan fingerprint density at radius 1 is 1.17 bits per heavy atom. The van der Waals surface area contributed by atoms with E-state index in [1.54, 1.807) is 12.1 Å². The molecule has 3 rings (SSSR count). The number of carboxylic acid groups (broad SMARTS) is 1. The molecule has 4 nitrogen and oxygen atoms in total. The average Bonchev–Trinajstić information content (AvgIpc) is 2.82. The highest BCUT2D eigenvalue weighted by atomic mass is 16.5. The second-order valence-electron chi connectivity index (χ2n) is 4.07. The number of benzene rings is 2. The minimum Gasteiger partial charge on any atom is -0.478 e. The van der Waals surface area contributed by atoms with Gasteiger partial charge in [-0.15, -0.1) is 0 Å². The van der Waals surface area contributed by atoms with E-state index in [0.717, 1.165) is 5.56 Å². The van der Waals surface area contributed by atoms with E-state index in [1.807, 2.05) is 30.3 Å². The molecule has 0 bridgehead atoms. The third kappa shape index (κ3) is 1.78. The predicted molar refractivity (Wildman–Crippen MR) is 66.8 cm³/mol. The van der Waals surface area contributed by atoms with Crippen molar-refractivity contribution < 1.29 is 14.6 Å². The first-order chi connectivity index (χ1) is 8.74. The van der Waals surface area contributed by atoms with E-state index in [-0.39, 0.29) is 11.8 Å². The maximum absolute atomic E-state index is 10.9. The lowest BCUT2D eigenvalue weighted by Crippen LogP contribution is -2.09. The SMILES string of the molecule is O=C(O)c1ccc2c(c1)NC(c1ccccc1)O2. The van der Waals surface area contributed by atoms with Gasteiger partial charge < -0.3 is 15.2 Å². The fraction of sp³-hybridized carbons (Fsp3) is 0.0714. The highest BCUT2D eigenvalue weighted by molar-refractivity contribution is 5.89. The third-order valence-electron chi connectivity index (χ3n) is 2.86. The molecule has 18 heavy (non-hydrogen) atoms. The van der Waals surface area contributed by atoms with Gasteiger partial charge in [-0.1, -0.05) is 30.3 Å². The van der Waals surface area contributed by atoms with Crippen LogP contribution in [0.3, 0.4) is 0 Å². The minimum absolute atomic E-state index is 0.249. The summed E-state index contributed by atoms with van der Waals surface area (Å²) in [6.45, 7) is 0. The van der Waals surface area contributed by atoms with Crippen LogP contribution in [-0.4, -0.2) is 11.1 Å². The largest absolute Gasteiger partial charge is 0.478 e. The van der Waals surface area contributed by atoms with E-state index in [0.29, 0.717) is 11.4 Å². The molecule has 1 heterocycles. The van der Waals surface area contributed by atoms with E-state index >= 15 is 0 Å². The molecule has 0 aliphatic carbocycles. The summed E-state index contributed by atoms with van der Waals surface area (Å²) in [5.41, 5.74) is 1.97. The molecule has 90 valence electrons. The molecule has 0 saturated heterocycles. The topological polar surface area (TPSA) is 58.6 Å². The van der Waals surface area contributed by atoms with Gasteiger partial charge in [-0.3, -0.25) is 0 Å². The van der Waals surface area contributed by atoms with Crippen molar-refractivity contribution in [2.24, 2.45) is 0 Å². The van der Waals surface area contributed by atoms with Crippen molar-refractivity contribution in [3.63, 3.8) is 0 Å². The first-order valence-electron chi connectivity index (χ1n) is 5.59. The molecule has 0 spiro atoms. The van der Waals surface area contributed by atoms with Crippen LogP contribution in [0.2, 0.25) is 0 Å². The fourth-order valence-electron chi connectivity index (χ4n) is 1.96. The van der Waals surface area contributed by atoms with Crippen LogP contribution in [0, 0.1) is 0 Å². The van der Waals surface area contributed by atoms with Crippen LogP contribution in [-0.2, 0) is 0 Å². The molecular formula is C14H11NO3. The van der Waals surface area contributed by atoms with Crippen LogP contribution in [0.25, 0.3) is 0 Å². The molecule has 0 aromatic heterocycles. The molecular weight excluding hydrogens is 230 g/mol. The number of hydrogen-bond acceptors (Lipinski definition) is 3. The van der Waals surface area contributed by atoms with Crippen LogP contribution >= 0.6 is 0 Å². The van der Waals surface area contributed by atoms with Crippen LogP contribution in [0.15, 0.2) is 48.5 Å². The summed E-state index contributed by atoms with van der Waals surface area (Å²) >= 11 is 0. The first kappa shape index (κ1) is 10.7. The summed E-state index contributed by atoms with van der Waals surface area (Å²) in [6.07, 6.45) is -0.259. The molecule has 1 atom stereocenters. The van der Waals surface area contributed by atoms with Gasteiger partial charge in [0.1, 0.15) is 5.75 Å². The molecule has 1 unspecified atom stereocenters. The van der Waals surface area contributed by atoms with Crippen molar-refractivity contribution in [1.82, 2.24) is 0 Å². The maximum Gasteiger partial charge on any atom is 0.335 e. The maximum atomic E-state index is 10.9. The Hall–Kier alpha value is -2.49. The lowest BCUT2D eigenvalue weighted by Gasteiger charge is -2.10. The van der Waals surface area contributed by atoms with Crippen molar-refractivity contribution in [2.45, 2.75) is 6.23 Å². The van der Waals surface area contributed by atoms with Crippen molar-refractivity contribution in [3.05, 3.63) is 59.7 Å². The van der Waals surface area contributed by atoms with Gasteiger partial charge in [-0.05, 0) is 18.2 Å². The van der Waals surface area contributed by atoms with Crippen LogP contribution in [0.4, 0.5) is 5.69 Å². The van der Waals surface area contributed by atoms with E-state index in [4.69, 9.17) is 9.84 Å². The van der Waals surface area contributed by atoms with Crippen molar-refractivity contribution >= 4 is 11.7 Å². The number of ether oxygens (including phenoxy) is 1. The molecule has 2 N–H and O–H groups in total. The highest BCUT2D eigenvalue weighted by Gasteiger charge is 2.23. The molecule has 2 aromatic carbocycles. The number of rotatable bonds is 2. The quantitative estimate of drug-likeness (QED) is 0.848. The standard InChI is InChI=1S/C14H11NO3/c16-14(17)10-6-7-12-11(8-10)15-13(18-12)9-4-2-1-3-5-9/h1-8,13,15H,(H,16,17). The summed E-state index contributed by atoms with van der Waals surface area (Å²) in [4.78, 5) is 10.9. The van der Waals surface area contributed by atoms with Crippen LogP contribution < -0.4 is 10.1 Å². The summed E-state index contributed by atoms with van der Waals surface area (Å²) in [5, 5.41) is 12.1. The number of aromatic carboxylic acids is 1. The van der Waals surface area contributed by atoms with Gasteiger partial charge in [0.25, 0.3) is 0 Å². The number of carbonyl (C=O) groups is 1. The number of carboxylic acids is 1. The van der Waals surface area contributed by atoms with Crippen molar-refractivity contribution in [2.75, 3.05) is 5.32 Å². The average molecular weight is 241 g/mol. The van der Waals surface area contributed by atoms with Gasteiger partial charge in [-0.25, -0.2) is 4.79 Å². The summed E-state index contributed by atoms with van der Waals surface area (Å²) in [6, 6.07) is 14.5. The first-order valence-corrected chi connectivity index (χ1v) is 5.59. The van der Waals surface area contributed by atoms with Crippen molar-refractivity contribution in [3.8, 4) is 5.75 Å². The second-order valence-corrected chi connectivity index (χ2v) is 4.07. The predicted octanol–water partition coefficient (Wildman–Crippen LogP) is 2.89. The Morgan fingerprint density at radius 3 is 2.67 bits per heavy atom. The summed E-state index contributed by atoms with van der Waals surface area (Å²) in [7, 11) is 0. The van der Waals surface area contributed by atoms with E-state index in [9.17, 15) is 4.79 Å². The zero-order valence-corrected chi connectivity index (χ0v) is 9.46. The van der Waals surface area contributed by atoms with E-state index in [1.165, 1.54) is 6.07 Å². The minimum atomic E-state index is -0.942. The lowest BCUT2D eigenvalue weighted by atomic mass is 10.2. The van der Waals surface area contributed by atoms with Gasteiger partial charge >= 0.3 is 5.97 Å². The van der Waals surface area contributed by atoms with Gasteiger partial charge in [0.2, 0.25) is 0 Å². The van der Waals surface area contributed by atoms with Crippen LogP contribution in [0.5, 0.6) is 5.75 Å². The van der Waals surface area contributed by atoms with E-state index in [2.05, 4.69) is 5.32 Å². The Balaban J connectivity index is 1.90. The molecule has 1 aliphatic rings. The number of nitrogens with one attached hydrogen (secondary N) is 1. The molecule has 1 aliphatic heterocycles. The Kier molecular flexibility index (Phi) is 2.41. The zero-order valence-electron chi connectivity index (χ0n) is 9.46.